The third-order valence-corrected chi connectivity index (χ3v) is 7.37. The van der Waals surface area contributed by atoms with E-state index in [2.05, 4.69) is 62.5 Å². The number of nitrogens with zero attached hydrogens (tertiary/aromatic N) is 2. The van der Waals surface area contributed by atoms with Gasteiger partial charge in [0.2, 0.25) is 5.91 Å². The summed E-state index contributed by atoms with van der Waals surface area (Å²) in [4.78, 5) is 19.9. The summed E-state index contributed by atoms with van der Waals surface area (Å²) in [5.41, 5.74) is 9.37. The van der Waals surface area contributed by atoms with Crippen molar-refractivity contribution in [2.24, 2.45) is 5.92 Å². The van der Waals surface area contributed by atoms with Crippen LogP contribution < -0.4 is 16.2 Å². The van der Waals surface area contributed by atoms with Crippen molar-refractivity contribution in [3.8, 4) is 0 Å². The smallest absolute Gasteiger partial charge is 0.239 e. The number of rotatable bonds is 5. The van der Waals surface area contributed by atoms with E-state index < -0.39 is 0 Å². The summed E-state index contributed by atoms with van der Waals surface area (Å²) in [5, 5.41) is 3.35. The lowest BCUT2D eigenvalue weighted by molar-refractivity contribution is -0.125. The number of hydrogen-bond donors (Lipinski definition) is 3. The van der Waals surface area contributed by atoms with Gasteiger partial charge in [0.25, 0.3) is 0 Å². The topological polar surface area (TPSA) is 69.3 Å². The Morgan fingerprint density at radius 2 is 1.87 bits per heavy atom. The molecule has 2 saturated heterocycles. The van der Waals surface area contributed by atoms with Gasteiger partial charge in [-0.05, 0) is 55.2 Å². The zero-order valence-corrected chi connectivity index (χ0v) is 18.0. The number of nitrogens with one attached hydrogen (secondary N) is 3. The fourth-order valence-corrected chi connectivity index (χ4v) is 5.61. The molecule has 3 heterocycles. The molecule has 31 heavy (non-hydrogen) atoms. The first kappa shape index (κ1) is 20.6. The van der Waals surface area contributed by atoms with E-state index in [0.717, 1.165) is 51.7 Å². The van der Waals surface area contributed by atoms with Crippen LogP contribution in [0.5, 0.6) is 0 Å². The third kappa shape index (κ3) is 4.81. The maximum atomic E-state index is 13.1. The van der Waals surface area contributed by atoms with Crippen LogP contribution in [0.2, 0.25) is 0 Å². The Bertz CT molecular complexity index is 853. The largest absolute Gasteiger partial charge is 0.352 e. The molecule has 4 unspecified atom stereocenters. The first-order chi connectivity index (χ1) is 15.3. The molecule has 3 N–H and O–H groups in total. The zero-order valence-electron chi connectivity index (χ0n) is 18.0. The number of hydrogen-bond acceptors (Lipinski definition) is 5. The van der Waals surface area contributed by atoms with Crippen LogP contribution in [0.3, 0.4) is 0 Å². The van der Waals surface area contributed by atoms with Crippen LogP contribution in [0.25, 0.3) is 0 Å². The molecule has 2 aromatic rings. The van der Waals surface area contributed by atoms with Gasteiger partial charge in [0.15, 0.2) is 0 Å². The molecule has 5 rings (SSSR count). The highest BCUT2D eigenvalue weighted by molar-refractivity contribution is 5.82. The minimum Gasteiger partial charge on any atom is -0.352 e. The maximum Gasteiger partial charge on any atom is 0.239 e. The Labute approximate surface area is 184 Å². The Morgan fingerprint density at radius 3 is 2.65 bits per heavy atom. The van der Waals surface area contributed by atoms with Gasteiger partial charge < -0.3 is 5.32 Å². The van der Waals surface area contributed by atoms with Crippen molar-refractivity contribution in [2.45, 2.75) is 62.7 Å². The first-order valence-electron chi connectivity index (χ1n) is 11.7. The molecule has 0 radical (unpaired) electrons. The zero-order chi connectivity index (χ0) is 21.0. The van der Waals surface area contributed by atoms with E-state index in [-0.39, 0.29) is 18.0 Å². The highest BCUT2D eigenvalue weighted by Gasteiger charge is 2.44. The molecule has 2 aliphatic heterocycles. The second-order valence-electron chi connectivity index (χ2n) is 9.38. The molecule has 3 fully saturated rings. The molecule has 6 nitrogen and oxygen atoms in total. The number of fused-ring (bicyclic) bond motifs is 1. The minimum atomic E-state index is -0.146. The number of pyridine rings is 1. The molecule has 1 aliphatic carbocycles. The Kier molecular flexibility index (Phi) is 6.30. The molecule has 1 aromatic heterocycles. The molecule has 1 amide bonds. The lowest BCUT2D eigenvalue weighted by Gasteiger charge is -2.35. The van der Waals surface area contributed by atoms with Crippen LogP contribution in [0.1, 0.15) is 49.1 Å². The Balaban J connectivity index is 1.13. The fraction of sp³-hybridized carbons (Fsp3) is 0.520. The predicted molar refractivity (Wildman–Crippen MR) is 121 cm³/mol. The van der Waals surface area contributed by atoms with E-state index in [1.807, 2.05) is 18.5 Å². The van der Waals surface area contributed by atoms with Gasteiger partial charge in [0.1, 0.15) is 6.04 Å². The van der Waals surface area contributed by atoms with Gasteiger partial charge in [-0.3, -0.25) is 20.1 Å². The minimum absolute atomic E-state index is 0.146. The molecule has 3 aliphatic rings. The molecule has 4 atom stereocenters. The van der Waals surface area contributed by atoms with Gasteiger partial charge in [-0.25, -0.2) is 5.43 Å². The van der Waals surface area contributed by atoms with E-state index in [1.165, 1.54) is 11.1 Å². The maximum absolute atomic E-state index is 13.1. The van der Waals surface area contributed by atoms with Gasteiger partial charge in [0.05, 0.1) is 0 Å². The molecule has 0 bridgehead atoms. The fourth-order valence-electron chi connectivity index (χ4n) is 5.61. The van der Waals surface area contributed by atoms with E-state index in [9.17, 15) is 4.79 Å². The third-order valence-electron chi connectivity index (χ3n) is 7.37. The van der Waals surface area contributed by atoms with Gasteiger partial charge in [-0.2, -0.15) is 0 Å². The number of likely N-dealkylation sites (tertiary alicyclic amines) is 1. The number of amides is 1. The van der Waals surface area contributed by atoms with Crippen LogP contribution in [0.4, 0.5) is 0 Å². The highest BCUT2D eigenvalue weighted by Crippen LogP contribution is 2.39. The van der Waals surface area contributed by atoms with Crippen LogP contribution in [0, 0.1) is 5.92 Å². The van der Waals surface area contributed by atoms with E-state index in [1.54, 1.807) is 0 Å². The summed E-state index contributed by atoms with van der Waals surface area (Å²) < 4.78 is 0. The summed E-state index contributed by atoms with van der Waals surface area (Å²) in [7, 11) is 0. The van der Waals surface area contributed by atoms with Gasteiger partial charge >= 0.3 is 0 Å². The predicted octanol–water partition coefficient (Wildman–Crippen LogP) is 2.59. The molecule has 164 valence electrons. The van der Waals surface area contributed by atoms with Crippen molar-refractivity contribution in [1.82, 2.24) is 26.1 Å². The number of carbonyl (C=O) groups is 1. The van der Waals surface area contributed by atoms with Crippen molar-refractivity contribution in [3.05, 3.63) is 66.0 Å². The van der Waals surface area contributed by atoms with E-state index in [0.29, 0.717) is 17.9 Å². The average molecular weight is 420 g/mol. The summed E-state index contributed by atoms with van der Waals surface area (Å²) >= 11 is 0. The molecule has 0 spiro atoms. The lowest BCUT2D eigenvalue weighted by atomic mass is 9.73. The summed E-state index contributed by atoms with van der Waals surface area (Å²) in [6.07, 6.45) is 9.13. The molecular formula is C25H33N5O. The normalized spacial score (nSPS) is 29.4. The summed E-state index contributed by atoms with van der Waals surface area (Å²) in [6, 6.07) is 15.3. The second-order valence-corrected chi connectivity index (χ2v) is 9.38. The van der Waals surface area contributed by atoms with E-state index in [4.69, 9.17) is 0 Å². The number of carbonyl (C=O) groups excluding carboxylic acids is 1. The molecular weight excluding hydrogens is 386 g/mol. The standard InChI is InChI=1S/C25H33N5O/c31-25(27-21-10-13-30(14-11-21)17-18-5-2-1-3-6-18)24-22-15-19(8-9-23(22)28-29-24)20-7-4-12-26-16-20/h1-7,12,16,19,21-24,28-29H,8-11,13-15,17H2,(H,27,31). The van der Waals surface area contributed by atoms with Gasteiger partial charge in [-0.1, -0.05) is 36.4 Å². The van der Waals surface area contributed by atoms with Crippen molar-refractivity contribution >= 4 is 5.91 Å². The molecule has 1 saturated carbocycles. The van der Waals surface area contributed by atoms with Gasteiger partial charge in [0, 0.05) is 50.0 Å². The van der Waals surface area contributed by atoms with Gasteiger partial charge in [-0.15, -0.1) is 0 Å². The SMILES string of the molecule is O=C(NC1CCN(Cc2ccccc2)CC1)C1NNC2CCC(c3cccnc3)CC21. The molecule has 1 aromatic carbocycles. The quantitative estimate of drug-likeness (QED) is 0.695. The van der Waals surface area contributed by atoms with Crippen LogP contribution in [-0.4, -0.2) is 47.0 Å². The second kappa shape index (κ2) is 9.47. The van der Waals surface area contributed by atoms with Crippen LogP contribution >= 0.6 is 0 Å². The van der Waals surface area contributed by atoms with Crippen LogP contribution in [-0.2, 0) is 11.3 Å². The number of benzene rings is 1. The Hall–Kier alpha value is -2.28. The van der Waals surface area contributed by atoms with Crippen molar-refractivity contribution in [2.75, 3.05) is 13.1 Å². The lowest BCUT2D eigenvalue weighted by Crippen LogP contribution is -2.52. The first-order valence-corrected chi connectivity index (χ1v) is 11.7. The van der Waals surface area contributed by atoms with Crippen molar-refractivity contribution in [1.29, 1.82) is 0 Å². The monoisotopic (exact) mass is 419 g/mol. The Morgan fingerprint density at radius 1 is 1.03 bits per heavy atom. The average Bonchev–Trinajstić information content (AvgIpc) is 3.25. The number of aromatic nitrogens is 1. The van der Waals surface area contributed by atoms with Crippen molar-refractivity contribution in [3.63, 3.8) is 0 Å². The van der Waals surface area contributed by atoms with Crippen LogP contribution in [0.15, 0.2) is 54.9 Å². The van der Waals surface area contributed by atoms with Crippen molar-refractivity contribution < 1.29 is 4.79 Å². The number of hydrazine groups is 1. The summed E-state index contributed by atoms with van der Waals surface area (Å²) in [6.45, 7) is 3.06. The number of piperidine rings is 1. The highest BCUT2D eigenvalue weighted by atomic mass is 16.2. The van der Waals surface area contributed by atoms with E-state index >= 15 is 0 Å². The summed E-state index contributed by atoms with van der Waals surface area (Å²) in [5.74, 6) is 0.985. The molecule has 6 heteroatoms.